The molecular weight excluding hydrogens is 316 g/mol. The lowest BCUT2D eigenvalue weighted by Crippen LogP contribution is -3.00. The molecule has 0 saturated carbocycles. The Balaban J connectivity index is 0.00000208. The lowest BCUT2D eigenvalue weighted by Gasteiger charge is -2.13. The van der Waals surface area contributed by atoms with Crippen molar-refractivity contribution >= 4 is 6.34 Å². The Bertz CT molecular complexity index is 709. The monoisotopic (exact) mass is 342 g/mol. The molecule has 0 amide bonds. The van der Waals surface area contributed by atoms with E-state index >= 15 is 0 Å². The van der Waals surface area contributed by atoms with E-state index in [1.807, 2.05) is 0 Å². The predicted octanol–water partition coefficient (Wildman–Crippen LogP) is 0.981. The molecule has 1 aliphatic rings. The van der Waals surface area contributed by atoms with Crippen molar-refractivity contribution in [2.75, 3.05) is 13.1 Å². The zero-order valence-electron chi connectivity index (χ0n) is 15.1. The van der Waals surface area contributed by atoms with E-state index < -0.39 is 0 Å². The summed E-state index contributed by atoms with van der Waals surface area (Å²) in [6, 6.07) is 13.5. The van der Waals surface area contributed by atoms with Crippen LogP contribution in [0, 0.1) is 27.7 Å². The molecule has 0 N–H and O–H groups in total. The van der Waals surface area contributed by atoms with Gasteiger partial charge in [-0.3, -0.25) is 9.48 Å². The smallest absolute Gasteiger partial charge is 0.234 e. The molecule has 0 unspecified atom stereocenters. The van der Waals surface area contributed by atoms with E-state index in [1.54, 1.807) is 0 Å². The second kappa shape index (κ2) is 7.85. The van der Waals surface area contributed by atoms with Gasteiger partial charge in [0, 0.05) is 0 Å². The number of hydrogen-bond acceptors (Lipinski definition) is 1. The van der Waals surface area contributed by atoms with Crippen molar-refractivity contribution in [3.05, 3.63) is 69.8 Å². The molecule has 0 aliphatic carbocycles. The fraction of sp³-hybridized carbons (Fsp3) is 0.381. The molecule has 0 radical (unpaired) electrons. The van der Waals surface area contributed by atoms with Gasteiger partial charge in [0.1, 0.15) is 26.2 Å². The van der Waals surface area contributed by atoms with Crippen LogP contribution in [-0.4, -0.2) is 28.9 Å². The van der Waals surface area contributed by atoms with Crippen LogP contribution < -0.4 is 12.4 Å². The van der Waals surface area contributed by atoms with Gasteiger partial charge in [0.15, 0.2) is 0 Å². The van der Waals surface area contributed by atoms with Crippen molar-refractivity contribution in [3.63, 3.8) is 0 Å². The number of benzene rings is 2. The van der Waals surface area contributed by atoms with Gasteiger partial charge in [-0.25, -0.2) is 0 Å². The second-order valence-electron chi connectivity index (χ2n) is 6.92. The molecular formula is C21H27ClN2. The molecule has 0 bridgehead atoms. The molecule has 0 saturated heterocycles. The summed E-state index contributed by atoms with van der Waals surface area (Å²) >= 11 is 0. The van der Waals surface area contributed by atoms with E-state index in [9.17, 15) is 0 Å². The zero-order chi connectivity index (χ0) is 16.4. The van der Waals surface area contributed by atoms with Crippen LogP contribution in [0.3, 0.4) is 0 Å². The van der Waals surface area contributed by atoms with Crippen molar-refractivity contribution in [1.29, 1.82) is 0 Å². The fourth-order valence-corrected chi connectivity index (χ4v) is 3.43. The van der Waals surface area contributed by atoms with Crippen molar-refractivity contribution in [3.8, 4) is 0 Å². The molecule has 24 heavy (non-hydrogen) atoms. The highest BCUT2D eigenvalue weighted by Gasteiger charge is 2.21. The molecule has 128 valence electrons. The zero-order valence-corrected chi connectivity index (χ0v) is 15.9. The molecule has 0 atom stereocenters. The normalized spacial score (nSPS) is 13.7. The van der Waals surface area contributed by atoms with Gasteiger partial charge in [-0.2, -0.15) is 0 Å². The number of rotatable bonds is 4. The Morgan fingerprint density at radius 1 is 0.917 bits per heavy atom. The van der Waals surface area contributed by atoms with Gasteiger partial charge in [0.2, 0.25) is 6.34 Å². The Kier molecular flexibility index (Phi) is 6.06. The van der Waals surface area contributed by atoms with Gasteiger partial charge in [-0.15, -0.1) is 0 Å². The minimum absolute atomic E-state index is 0. The summed E-state index contributed by atoms with van der Waals surface area (Å²) in [5.41, 5.74) is 8.36. The first-order chi connectivity index (χ1) is 11.0. The van der Waals surface area contributed by atoms with Crippen LogP contribution in [0.2, 0.25) is 0 Å². The third-order valence-corrected chi connectivity index (χ3v) is 4.71. The topological polar surface area (TPSA) is 6.25 Å². The number of halogens is 1. The SMILES string of the molecule is Cc1ccc(C[N+]2=CN(Cc3c(C)cc(C)cc3C)CC2)cc1.[Cl-]. The van der Waals surface area contributed by atoms with Gasteiger partial charge in [0.05, 0.1) is 0 Å². The lowest BCUT2D eigenvalue weighted by atomic mass is 9.99. The van der Waals surface area contributed by atoms with E-state index in [1.165, 1.54) is 33.4 Å². The molecule has 1 heterocycles. The maximum absolute atomic E-state index is 2.44. The molecule has 0 fully saturated rings. The molecule has 0 spiro atoms. The summed E-state index contributed by atoms with van der Waals surface area (Å²) in [6.07, 6.45) is 2.30. The Labute approximate surface area is 152 Å². The number of nitrogens with zero attached hydrogens (tertiary/aromatic N) is 2. The minimum Gasteiger partial charge on any atom is -1.00 e. The number of hydrogen-bond donors (Lipinski definition) is 0. The summed E-state index contributed by atoms with van der Waals surface area (Å²) in [5, 5.41) is 0. The maximum atomic E-state index is 2.44. The third-order valence-electron chi connectivity index (χ3n) is 4.71. The van der Waals surface area contributed by atoms with Crippen LogP contribution >= 0.6 is 0 Å². The summed E-state index contributed by atoms with van der Waals surface area (Å²) in [4.78, 5) is 2.44. The molecule has 2 nitrogen and oxygen atoms in total. The van der Waals surface area contributed by atoms with E-state index in [0.29, 0.717) is 0 Å². The van der Waals surface area contributed by atoms with Crippen LogP contribution in [0.4, 0.5) is 0 Å². The van der Waals surface area contributed by atoms with Gasteiger partial charge < -0.3 is 12.4 Å². The van der Waals surface area contributed by atoms with Crippen molar-refractivity contribution in [2.45, 2.75) is 40.8 Å². The van der Waals surface area contributed by atoms with E-state index in [-0.39, 0.29) is 12.4 Å². The highest BCUT2D eigenvalue weighted by molar-refractivity contribution is 5.51. The summed E-state index contributed by atoms with van der Waals surface area (Å²) in [6.45, 7) is 13.0. The van der Waals surface area contributed by atoms with E-state index in [2.05, 4.69) is 79.9 Å². The minimum atomic E-state index is 0. The van der Waals surface area contributed by atoms with Gasteiger partial charge in [-0.1, -0.05) is 47.5 Å². The lowest BCUT2D eigenvalue weighted by molar-refractivity contribution is -0.530. The van der Waals surface area contributed by atoms with Gasteiger partial charge in [-0.05, 0) is 49.9 Å². The maximum Gasteiger partial charge on any atom is 0.234 e. The molecule has 3 heteroatoms. The molecule has 0 aromatic heterocycles. The summed E-state index contributed by atoms with van der Waals surface area (Å²) < 4.78 is 2.42. The quantitative estimate of drug-likeness (QED) is 0.751. The highest BCUT2D eigenvalue weighted by Crippen LogP contribution is 2.18. The first-order valence-electron chi connectivity index (χ1n) is 8.46. The van der Waals surface area contributed by atoms with E-state index in [4.69, 9.17) is 0 Å². The first-order valence-corrected chi connectivity index (χ1v) is 8.46. The standard InChI is InChI=1S/C21H27N2.ClH/c1-16-5-7-20(8-6-16)13-22-9-10-23(15-22)14-21-18(3)11-17(2)12-19(21)4;/h5-8,11-12,15H,9-10,13-14H2,1-4H3;1H/q+1;/p-1. The Morgan fingerprint density at radius 2 is 1.54 bits per heavy atom. The Hall–Kier alpha value is -1.80. The average Bonchev–Trinajstić information content (AvgIpc) is 2.93. The van der Waals surface area contributed by atoms with Gasteiger partial charge in [0.25, 0.3) is 0 Å². The molecule has 3 rings (SSSR count). The molecule has 2 aromatic rings. The van der Waals surface area contributed by atoms with Crippen molar-refractivity contribution < 1.29 is 17.0 Å². The summed E-state index contributed by atoms with van der Waals surface area (Å²) in [5.74, 6) is 0. The fourth-order valence-electron chi connectivity index (χ4n) is 3.43. The first kappa shape index (κ1) is 18.5. The largest absolute Gasteiger partial charge is 1.00 e. The molecule has 1 aliphatic heterocycles. The van der Waals surface area contributed by atoms with Crippen molar-refractivity contribution in [2.24, 2.45) is 0 Å². The molecule has 2 aromatic carbocycles. The van der Waals surface area contributed by atoms with Crippen molar-refractivity contribution in [1.82, 2.24) is 4.90 Å². The van der Waals surface area contributed by atoms with E-state index in [0.717, 1.165) is 26.2 Å². The summed E-state index contributed by atoms with van der Waals surface area (Å²) in [7, 11) is 0. The van der Waals surface area contributed by atoms with Crippen LogP contribution in [0.25, 0.3) is 0 Å². The Morgan fingerprint density at radius 3 is 2.17 bits per heavy atom. The average molecular weight is 343 g/mol. The third kappa shape index (κ3) is 4.39. The van der Waals surface area contributed by atoms with Crippen LogP contribution in [0.15, 0.2) is 36.4 Å². The highest BCUT2D eigenvalue weighted by atomic mass is 35.5. The number of aryl methyl sites for hydroxylation is 4. The second-order valence-corrected chi connectivity index (χ2v) is 6.92. The van der Waals surface area contributed by atoms with Crippen LogP contribution in [0.5, 0.6) is 0 Å². The van der Waals surface area contributed by atoms with Gasteiger partial charge >= 0.3 is 0 Å². The predicted molar refractivity (Wildman–Crippen MR) is 97.1 cm³/mol. The van der Waals surface area contributed by atoms with Crippen LogP contribution in [0.1, 0.15) is 33.4 Å². The van der Waals surface area contributed by atoms with Crippen LogP contribution in [-0.2, 0) is 13.1 Å².